The van der Waals surface area contributed by atoms with Crippen molar-refractivity contribution in [3.05, 3.63) is 22.4 Å². The average molecular weight is 227 g/mol. The van der Waals surface area contributed by atoms with Crippen LogP contribution < -0.4 is 0 Å². The highest BCUT2D eigenvalue weighted by molar-refractivity contribution is 7.07. The molecule has 0 fully saturated rings. The number of rotatable bonds is 2. The minimum absolute atomic E-state index is 0.263. The van der Waals surface area contributed by atoms with Gasteiger partial charge in [-0.2, -0.15) is 11.3 Å². The molecule has 0 aromatic carbocycles. The molecule has 0 bridgehead atoms. The predicted molar refractivity (Wildman–Crippen MR) is 60.8 cm³/mol. The Hall–Kier alpha value is -0.870. The molecule has 0 aliphatic heterocycles. The van der Waals surface area contributed by atoms with Crippen molar-refractivity contribution in [3.8, 4) is 0 Å². The molecule has 1 heterocycles. The number of thiophene rings is 1. The van der Waals surface area contributed by atoms with Gasteiger partial charge in [0, 0.05) is 5.41 Å². The van der Waals surface area contributed by atoms with E-state index in [1.807, 2.05) is 23.8 Å². The molecular weight excluding hydrogens is 210 g/mol. The Labute approximate surface area is 94.3 Å². The van der Waals surface area contributed by atoms with Gasteiger partial charge in [0.2, 0.25) is 0 Å². The second-order valence-electron chi connectivity index (χ2n) is 4.63. The van der Waals surface area contributed by atoms with E-state index in [4.69, 9.17) is 0 Å². The first-order valence-electron chi connectivity index (χ1n) is 4.88. The fourth-order valence-electron chi connectivity index (χ4n) is 1.17. The first-order valence-corrected chi connectivity index (χ1v) is 5.83. The highest BCUT2D eigenvalue weighted by Gasteiger charge is 2.30. The molecule has 3 nitrogen and oxygen atoms in total. The van der Waals surface area contributed by atoms with Crippen molar-refractivity contribution in [2.75, 3.05) is 0 Å². The molecule has 1 N–H and O–H groups in total. The van der Waals surface area contributed by atoms with Crippen molar-refractivity contribution in [1.29, 1.82) is 0 Å². The van der Waals surface area contributed by atoms with E-state index in [1.165, 1.54) is 0 Å². The lowest BCUT2D eigenvalue weighted by molar-refractivity contribution is -0.184. The predicted octanol–water partition coefficient (Wildman–Crippen LogP) is 3.07. The monoisotopic (exact) mass is 227 g/mol. The summed E-state index contributed by atoms with van der Waals surface area (Å²) in [6.45, 7) is 7.18. The van der Waals surface area contributed by atoms with Gasteiger partial charge in [0.25, 0.3) is 5.91 Å². The van der Waals surface area contributed by atoms with Gasteiger partial charge in [-0.3, -0.25) is 10.0 Å². The smallest absolute Gasteiger partial charge is 0.251 e. The fourth-order valence-corrected chi connectivity index (χ4v) is 1.92. The Bertz CT molecular complexity index is 327. The largest absolute Gasteiger partial charge is 0.285 e. The zero-order valence-corrected chi connectivity index (χ0v) is 10.3. The molecule has 84 valence electrons. The molecule has 15 heavy (non-hydrogen) atoms. The molecule has 4 heteroatoms. The van der Waals surface area contributed by atoms with Gasteiger partial charge in [-0.1, -0.05) is 20.8 Å². The quantitative estimate of drug-likeness (QED) is 0.623. The zero-order chi connectivity index (χ0) is 11.6. The van der Waals surface area contributed by atoms with Gasteiger partial charge in [0.05, 0.1) is 6.04 Å². The van der Waals surface area contributed by atoms with Gasteiger partial charge < -0.3 is 0 Å². The maximum Gasteiger partial charge on any atom is 0.251 e. The van der Waals surface area contributed by atoms with Crippen LogP contribution in [0, 0.1) is 5.41 Å². The van der Waals surface area contributed by atoms with Crippen molar-refractivity contribution in [1.82, 2.24) is 5.06 Å². The number of carbonyl (C=O) groups is 1. The average Bonchev–Trinajstić information content (AvgIpc) is 2.65. The summed E-state index contributed by atoms with van der Waals surface area (Å²) in [6, 6.07) is 1.62. The lowest BCUT2D eigenvalue weighted by Gasteiger charge is -2.28. The molecular formula is C11H17NO2S. The van der Waals surface area contributed by atoms with Gasteiger partial charge in [0.15, 0.2) is 0 Å². The van der Waals surface area contributed by atoms with E-state index in [0.717, 1.165) is 10.6 Å². The highest BCUT2D eigenvalue weighted by Crippen LogP contribution is 2.25. The molecule has 0 radical (unpaired) electrons. The summed E-state index contributed by atoms with van der Waals surface area (Å²) in [7, 11) is 0. The SMILES string of the molecule is CC(c1ccsc1)N(O)C(=O)C(C)(C)C. The Morgan fingerprint density at radius 1 is 1.53 bits per heavy atom. The number of carbonyl (C=O) groups excluding carboxylic acids is 1. The van der Waals surface area contributed by atoms with Crippen molar-refractivity contribution < 1.29 is 10.0 Å². The van der Waals surface area contributed by atoms with E-state index in [2.05, 4.69) is 0 Å². The summed E-state index contributed by atoms with van der Waals surface area (Å²) >= 11 is 1.56. The number of hydroxylamine groups is 2. The van der Waals surface area contributed by atoms with Crippen LogP contribution in [0.15, 0.2) is 16.8 Å². The van der Waals surface area contributed by atoms with Crippen molar-refractivity contribution in [2.45, 2.75) is 33.7 Å². The van der Waals surface area contributed by atoms with Crippen LogP contribution in [0.3, 0.4) is 0 Å². The van der Waals surface area contributed by atoms with Crippen molar-refractivity contribution in [2.24, 2.45) is 5.41 Å². The molecule has 0 aliphatic rings. The standard InChI is InChI=1S/C11H17NO2S/c1-8(9-5-6-15-7-9)12(14)10(13)11(2,3)4/h5-8,14H,1-4H3. The van der Waals surface area contributed by atoms with Gasteiger partial charge >= 0.3 is 0 Å². The minimum Gasteiger partial charge on any atom is -0.285 e. The first kappa shape index (κ1) is 12.2. The maximum atomic E-state index is 11.8. The summed E-state index contributed by atoms with van der Waals surface area (Å²) in [5.41, 5.74) is 0.402. The van der Waals surface area contributed by atoms with Crippen LogP contribution in [0.5, 0.6) is 0 Å². The third-order valence-electron chi connectivity index (χ3n) is 2.24. The van der Waals surface area contributed by atoms with Gasteiger partial charge in [0.1, 0.15) is 0 Å². The van der Waals surface area contributed by atoms with Crippen molar-refractivity contribution in [3.63, 3.8) is 0 Å². The van der Waals surface area contributed by atoms with Crippen molar-refractivity contribution >= 4 is 17.2 Å². The normalized spacial score (nSPS) is 13.7. The Morgan fingerprint density at radius 3 is 2.53 bits per heavy atom. The van der Waals surface area contributed by atoms with E-state index in [-0.39, 0.29) is 11.9 Å². The molecule has 1 rings (SSSR count). The third kappa shape index (κ3) is 2.79. The van der Waals surface area contributed by atoms with Crippen LogP contribution in [0.1, 0.15) is 39.3 Å². The number of nitrogens with zero attached hydrogens (tertiary/aromatic N) is 1. The van der Waals surface area contributed by atoms with Crippen LogP contribution in [0.25, 0.3) is 0 Å². The van der Waals surface area contributed by atoms with Crippen LogP contribution in [-0.4, -0.2) is 16.2 Å². The lowest BCUT2D eigenvalue weighted by Crippen LogP contribution is -2.38. The van der Waals surface area contributed by atoms with Crippen LogP contribution in [0.4, 0.5) is 0 Å². The molecule has 1 aromatic heterocycles. The molecule has 0 saturated carbocycles. The lowest BCUT2D eigenvalue weighted by atomic mass is 9.94. The molecule has 1 aromatic rings. The highest BCUT2D eigenvalue weighted by atomic mass is 32.1. The van der Waals surface area contributed by atoms with Crippen LogP contribution >= 0.6 is 11.3 Å². The van der Waals surface area contributed by atoms with E-state index >= 15 is 0 Å². The summed E-state index contributed by atoms with van der Waals surface area (Å²) in [4.78, 5) is 11.8. The van der Waals surface area contributed by atoms with Crippen LogP contribution in [-0.2, 0) is 4.79 Å². The second kappa shape index (κ2) is 4.33. The van der Waals surface area contributed by atoms with E-state index in [0.29, 0.717) is 0 Å². The molecule has 0 spiro atoms. The fraction of sp³-hybridized carbons (Fsp3) is 0.545. The topological polar surface area (TPSA) is 40.5 Å². The Kier molecular flexibility index (Phi) is 3.52. The number of amides is 1. The Morgan fingerprint density at radius 2 is 2.13 bits per heavy atom. The summed E-state index contributed by atoms with van der Waals surface area (Å²) in [6.07, 6.45) is 0. The van der Waals surface area contributed by atoms with E-state index < -0.39 is 5.41 Å². The third-order valence-corrected chi connectivity index (χ3v) is 2.94. The molecule has 0 saturated heterocycles. The number of hydrogen-bond donors (Lipinski definition) is 1. The first-order chi connectivity index (χ1) is 6.84. The molecule has 1 amide bonds. The summed E-state index contributed by atoms with van der Waals surface area (Å²) < 4.78 is 0. The molecule has 1 atom stereocenters. The van der Waals surface area contributed by atoms with Gasteiger partial charge in [-0.25, -0.2) is 5.06 Å². The zero-order valence-electron chi connectivity index (χ0n) is 9.52. The molecule has 1 unspecified atom stereocenters. The van der Waals surface area contributed by atoms with E-state index in [1.54, 1.807) is 32.1 Å². The Balaban J connectivity index is 2.78. The second-order valence-corrected chi connectivity index (χ2v) is 5.41. The van der Waals surface area contributed by atoms with Crippen LogP contribution in [0.2, 0.25) is 0 Å². The summed E-state index contributed by atoms with van der Waals surface area (Å²) in [5.74, 6) is -0.263. The maximum absolute atomic E-state index is 11.8. The van der Waals surface area contributed by atoms with Gasteiger partial charge in [-0.05, 0) is 29.3 Å². The number of hydrogen-bond acceptors (Lipinski definition) is 3. The molecule has 0 aliphatic carbocycles. The minimum atomic E-state index is -0.557. The summed E-state index contributed by atoms with van der Waals surface area (Å²) in [5, 5.41) is 14.5. The van der Waals surface area contributed by atoms with E-state index in [9.17, 15) is 10.0 Å². The van der Waals surface area contributed by atoms with Gasteiger partial charge in [-0.15, -0.1) is 0 Å².